The van der Waals surface area contributed by atoms with Crippen molar-refractivity contribution in [1.82, 2.24) is 20.2 Å². The smallest absolute Gasteiger partial charge is 0.315 e. The van der Waals surface area contributed by atoms with E-state index in [0.29, 0.717) is 12.0 Å². The van der Waals surface area contributed by atoms with Gasteiger partial charge in [0.15, 0.2) is 0 Å². The van der Waals surface area contributed by atoms with Gasteiger partial charge >= 0.3 is 6.03 Å². The largest absolute Gasteiger partial charge is 0.338 e. The molecular weight excluding hydrogens is 312 g/mol. The number of carbonyl (C=O) groups is 1. The first-order valence-corrected chi connectivity index (χ1v) is 10.0. The van der Waals surface area contributed by atoms with Gasteiger partial charge in [0.05, 0.1) is 6.33 Å². The molecule has 5 rings (SSSR count). The second-order valence-electron chi connectivity index (χ2n) is 9.06. The Morgan fingerprint density at radius 2 is 2.08 bits per heavy atom. The highest BCUT2D eigenvalue weighted by molar-refractivity contribution is 5.74. The summed E-state index contributed by atoms with van der Waals surface area (Å²) in [5, 5.41) is 6.51. The molecule has 4 fully saturated rings. The van der Waals surface area contributed by atoms with Gasteiger partial charge in [0.25, 0.3) is 0 Å². The van der Waals surface area contributed by atoms with Gasteiger partial charge in [-0.3, -0.25) is 0 Å². The van der Waals surface area contributed by atoms with E-state index >= 15 is 0 Å². The molecule has 0 aliphatic heterocycles. The molecule has 1 aromatic rings. The summed E-state index contributed by atoms with van der Waals surface area (Å²) in [6, 6.07) is 0.0376. The van der Waals surface area contributed by atoms with Crippen molar-refractivity contribution in [2.75, 3.05) is 6.54 Å². The molecule has 5 nitrogen and oxygen atoms in total. The van der Waals surface area contributed by atoms with E-state index in [-0.39, 0.29) is 11.6 Å². The zero-order valence-electron chi connectivity index (χ0n) is 15.7. The zero-order chi connectivity index (χ0) is 17.5. The molecular formula is C20H32N4O. The highest BCUT2D eigenvalue weighted by Gasteiger charge is 2.57. The number of hydrogen-bond acceptors (Lipinski definition) is 2. The molecule has 4 saturated carbocycles. The van der Waals surface area contributed by atoms with Crippen molar-refractivity contribution in [2.24, 2.45) is 17.3 Å². The monoisotopic (exact) mass is 344 g/mol. The molecule has 0 aromatic carbocycles. The van der Waals surface area contributed by atoms with Gasteiger partial charge in [-0.2, -0.15) is 0 Å². The van der Waals surface area contributed by atoms with Crippen LogP contribution in [0.15, 0.2) is 12.5 Å². The Balaban J connectivity index is 1.28. The summed E-state index contributed by atoms with van der Waals surface area (Å²) in [6.45, 7) is 6.02. The van der Waals surface area contributed by atoms with E-state index in [9.17, 15) is 4.79 Å². The first kappa shape index (κ1) is 16.9. The predicted octanol–water partition coefficient (Wildman–Crippen LogP) is 3.63. The number of aryl methyl sites for hydroxylation is 2. The van der Waals surface area contributed by atoms with Crippen LogP contribution in [-0.2, 0) is 6.54 Å². The maximum atomic E-state index is 12.5. The Hall–Kier alpha value is -1.52. The molecule has 2 N–H and O–H groups in total. The summed E-state index contributed by atoms with van der Waals surface area (Å²) < 4.78 is 2.13. The van der Waals surface area contributed by atoms with Crippen LogP contribution in [0, 0.1) is 24.2 Å². The predicted molar refractivity (Wildman–Crippen MR) is 98.3 cm³/mol. The highest BCUT2D eigenvalue weighted by atomic mass is 16.2. The fourth-order valence-electron chi connectivity index (χ4n) is 6.37. The maximum absolute atomic E-state index is 12.5. The first-order valence-electron chi connectivity index (χ1n) is 10.0. The van der Waals surface area contributed by atoms with Crippen LogP contribution in [-0.4, -0.2) is 27.7 Å². The molecule has 4 aliphatic rings. The van der Waals surface area contributed by atoms with E-state index in [4.69, 9.17) is 0 Å². The number of imidazole rings is 1. The number of carbonyl (C=O) groups excluding carboxylic acids is 1. The van der Waals surface area contributed by atoms with Crippen LogP contribution in [0.1, 0.15) is 64.0 Å². The van der Waals surface area contributed by atoms with Crippen molar-refractivity contribution in [3.05, 3.63) is 18.2 Å². The lowest BCUT2D eigenvalue weighted by Crippen LogP contribution is -2.64. The average molecular weight is 345 g/mol. The number of amides is 2. The van der Waals surface area contributed by atoms with Crippen molar-refractivity contribution in [3.8, 4) is 0 Å². The molecule has 5 heteroatoms. The zero-order valence-corrected chi connectivity index (χ0v) is 15.7. The van der Waals surface area contributed by atoms with Crippen LogP contribution in [0.25, 0.3) is 0 Å². The summed E-state index contributed by atoms with van der Waals surface area (Å²) in [5.74, 6) is 1.68. The normalized spacial score (nSPS) is 35.8. The Morgan fingerprint density at radius 1 is 1.32 bits per heavy atom. The fourth-order valence-corrected chi connectivity index (χ4v) is 6.37. The molecule has 2 amide bonds. The highest BCUT2D eigenvalue weighted by Crippen LogP contribution is 2.62. The third kappa shape index (κ3) is 3.30. The molecule has 25 heavy (non-hydrogen) atoms. The summed E-state index contributed by atoms with van der Waals surface area (Å²) >= 11 is 0. The van der Waals surface area contributed by atoms with E-state index in [1.165, 1.54) is 50.6 Å². The van der Waals surface area contributed by atoms with E-state index in [1.54, 1.807) is 0 Å². The van der Waals surface area contributed by atoms with Crippen LogP contribution < -0.4 is 10.6 Å². The summed E-state index contributed by atoms with van der Waals surface area (Å²) in [6.07, 6.45) is 13.7. The number of nitrogens with zero attached hydrogens (tertiary/aromatic N) is 2. The minimum Gasteiger partial charge on any atom is -0.338 e. The van der Waals surface area contributed by atoms with Crippen LogP contribution >= 0.6 is 0 Å². The average Bonchev–Trinajstić information content (AvgIpc) is 2.95. The van der Waals surface area contributed by atoms with Crippen molar-refractivity contribution in [1.29, 1.82) is 0 Å². The van der Waals surface area contributed by atoms with Gasteiger partial charge in [-0.1, -0.05) is 13.3 Å². The third-order valence-electron chi connectivity index (χ3n) is 7.09. The van der Waals surface area contributed by atoms with Crippen molar-refractivity contribution < 1.29 is 4.79 Å². The molecule has 2 atom stereocenters. The molecule has 4 aliphatic carbocycles. The van der Waals surface area contributed by atoms with Gasteiger partial charge in [-0.25, -0.2) is 9.78 Å². The molecule has 0 saturated heterocycles. The standard InChI is InChI=1S/C20H32N4O/c1-3-19-8-16-7-17(9-19)11-20(10-16,13-19)23-18(25)22-5-4-6-24-14-21-12-15(24)2/h12,14,16-17H,3-11,13H2,1-2H3,(H2,22,23,25). The van der Waals surface area contributed by atoms with Gasteiger partial charge in [-0.05, 0) is 69.1 Å². The number of urea groups is 1. The molecule has 0 spiro atoms. The van der Waals surface area contributed by atoms with Crippen LogP contribution in [0.2, 0.25) is 0 Å². The third-order valence-corrected chi connectivity index (χ3v) is 7.09. The lowest BCUT2D eigenvalue weighted by Gasteiger charge is -2.62. The van der Waals surface area contributed by atoms with Crippen molar-refractivity contribution in [3.63, 3.8) is 0 Å². The Labute approximate surface area is 151 Å². The quantitative estimate of drug-likeness (QED) is 0.774. The van der Waals surface area contributed by atoms with Crippen LogP contribution in [0.3, 0.4) is 0 Å². The van der Waals surface area contributed by atoms with E-state index in [2.05, 4.69) is 34.0 Å². The van der Waals surface area contributed by atoms with Gasteiger partial charge in [0.1, 0.15) is 0 Å². The van der Waals surface area contributed by atoms with Crippen molar-refractivity contribution in [2.45, 2.75) is 77.3 Å². The van der Waals surface area contributed by atoms with Crippen molar-refractivity contribution >= 4 is 6.03 Å². The van der Waals surface area contributed by atoms with E-state index in [0.717, 1.165) is 24.8 Å². The lowest BCUT2D eigenvalue weighted by molar-refractivity contribution is -0.0784. The SMILES string of the molecule is CCC12CC3CC(C1)CC(NC(=O)NCCCn1cncc1C)(C3)C2. The van der Waals surface area contributed by atoms with Crippen LogP contribution in [0.5, 0.6) is 0 Å². The van der Waals surface area contributed by atoms with Crippen LogP contribution in [0.4, 0.5) is 4.79 Å². The lowest BCUT2D eigenvalue weighted by atomic mass is 9.46. The second kappa shape index (κ2) is 6.33. The maximum Gasteiger partial charge on any atom is 0.315 e. The fraction of sp³-hybridized carbons (Fsp3) is 0.800. The van der Waals surface area contributed by atoms with E-state index in [1.807, 2.05) is 12.5 Å². The molecule has 0 radical (unpaired) electrons. The number of aromatic nitrogens is 2. The van der Waals surface area contributed by atoms with Gasteiger partial charge in [-0.15, -0.1) is 0 Å². The van der Waals surface area contributed by atoms with Gasteiger partial charge < -0.3 is 15.2 Å². The summed E-state index contributed by atoms with van der Waals surface area (Å²) in [5.41, 5.74) is 1.75. The molecule has 1 heterocycles. The molecule has 4 bridgehead atoms. The van der Waals surface area contributed by atoms with E-state index < -0.39 is 0 Å². The molecule has 2 unspecified atom stereocenters. The Kier molecular flexibility index (Phi) is 4.28. The number of hydrogen-bond donors (Lipinski definition) is 2. The minimum atomic E-state index is 0.0376. The number of nitrogens with one attached hydrogen (secondary N) is 2. The Morgan fingerprint density at radius 3 is 2.72 bits per heavy atom. The summed E-state index contributed by atoms with van der Waals surface area (Å²) in [4.78, 5) is 16.6. The summed E-state index contributed by atoms with van der Waals surface area (Å²) in [7, 11) is 0. The molecule has 1 aromatic heterocycles. The Bertz CT molecular complexity index is 623. The second-order valence-corrected chi connectivity index (χ2v) is 9.06. The topological polar surface area (TPSA) is 59.0 Å². The first-order chi connectivity index (χ1) is 12.0. The minimum absolute atomic E-state index is 0.0376. The van der Waals surface area contributed by atoms with Gasteiger partial charge in [0, 0.05) is 30.5 Å². The number of rotatable bonds is 6. The van der Waals surface area contributed by atoms with Gasteiger partial charge in [0.2, 0.25) is 0 Å². The molecule has 138 valence electrons.